The van der Waals surface area contributed by atoms with Gasteiger partial charge >= 0.3 is 0 Å². The van der Waals surface area contributed by atoms with Crippen molar-refractivity contribution in [3.05, 3.63) is 71.3 Å². The molecule has 0 saturated carbocycles. The van der Waals surface area contributed by atoms with Gasteiger partial charge in [-0.25, -0.2) is 8.42 Å². The highest BCUT2D eigenvalue weighted by molar-refractivity contribution is 7.89. The Balaban J connectivity index is 1.56. The minimum Gasteiger partial charge on any atom is -0.348 e. The lowest BCUT2D eigenvalue weighted by Gasteiger charge is -2.26. The van der Waals surface area contributed by atoms with Gasteiger partial charge in [0.25, 0.3) is 5.91 Å². The molecule has 182 valence electrons. The number of rotatable bonds is 9. The van der Waals surface area contributed by atoms with Crippen LogP contribution in [0.15, 0.2) is 59.5 Å². The summed E-state index contributed by atoms with van der Waals surface area (Å²) in [5.41, 5.74) is 2.22. The first-order valence-corrected chi connectivity index (χ1v) is 13.2. The molecular formula is C26H33N3O4S. The Morgan fingerprint density at radius 2 is 1.68 bits per heavy atom. The number of amides is 2. The Kier molecular flexibility index (Phi) is 9.01. The van der Waals surface area contributed by atoms with E-state index in [1.165, 1.54) is 16.8 Å². The highest BCUT2D eigenvalue weighted by Gasteiger charge is 2.21. The molecule has 3 rings (SSSR count). The predicted molar refractivity (Wildman–Crippen MR) is 134 cm³/mol. The van der Waals surface area contributed by atoms with Crippen LogP contribution in [0.25, 0.3) is 6.08 Å². The van der Waals surface area contributed by atoms with Crippen molar-refractivity contribution in [1.29, 1.82) is 0 Å². The number of likely N-dealkylation sites (tertiary alicyclic amines) is 1. The molecule has 1 aliphatic rings. The van der Waals surface area contributed by atoms with E-state index in [1.54, 1.807) is 44.2 Å². The molecule has 0 radical (unpaired) electrons. The lowest BCUT2D eigenvalue weighted by atomic mass is 10.1. The van der Waals surface area contributed by atoms with Crippen LogP contribution < -0.4 is 5.32 Å². The molecule has 7 nitrogen and oxygen atoms in total. The van der Waals surface area contributed by atoms with Gasteiger partial charge in [0.2, 0.25) is 15.9 Å². The molecule has 0 bridgehead atoms. The molecule has 0 spiro atoms. The summed E-state index contributed by atoms with van der Waals surface area (Å²) in [6, 6.07) is 13.8. The van der Waals surface area contributed by atoms with Gasteiger partial charge in [-0.2, -0.15) is 4.31 Å². The van der Waals surface area contributed by atoms with Crippen molar-refractivity contribution in [3.63, 3.8) is 0 Å². The molecule has 1 N–H and O–H groups in total. The van der Waals surface area contributed by atoms with Crippen LogP contribution in [0.2, 0.25) is 0 Å². The second kappa shape index (κ2) is 11.9. The van der Waals surface area contributed by atoms with E-state index in [-0.39, 0.29) is 16.7 Å². The predicted octanol–water partition coefficient (Wildman–Crippen LogP) is 3.67. The zero-order valence-electron chi connectivity index (χ0n) is 19.9. The Labute approximate surface area is 202 Å². The first kappa shape index (κ1) is 25.6. The van der Waals surface area contributed by atoms with Gasteiger partial charge in [-0.3, -0.25) is 9.59 Å². The molecule has 2 amide bonds. The van der Waals surface area contributed by atoms with E-state index in [0.29, 0.717) is 25.2 Å². The summed E-state index contributed by atoms with van der Waals surface area (Å²) in [6.07, 6.45) is 6.31. The Morgan fingerprint density at radius 1 is 1.00 bits per heavy atom. The fraction of sp³-hybridized carbons (Fsp3) is 0.385. The fourth-order valence-electron chi connectivity index (χ4n) is 3.98. The van der Waals surface area contributed by atoms with Crippen molar-refractivity contribution < 1.29 is 18.0 Å². The van der Waals surface area contributed by atoms with Gasteiger partial charge in [0.15, 0.2) is 0 Å². The SMILES string of the molecule is CCN(CC)S(=O)(=O)c1ccc(C=CC(=O)NCc2cccc(C(=O)N3CCCCC3)c2)cc1. The molecule has 2 aromatic carbocycles. The molecule has 34 heavy (non-hydrogen) atoms. The van der Waals surface area contributed by atoms with Crippen LogP contribution in [0.4, 0.5) is 0 Å². The standard InChI is InChI=1S/C26H33N3O4S/c1-3-29(4-2)34(32,33)24-14-11-21(12-15-24)13-16-25(30)27-20-22-9-8-10-23(19-22)26(31)28-17-6-5-7-18-28/h8-16,19H,3-7,17-18,20H2,1-2H3,(H,27,30). The third kappa shape index (κ3) is 6.55. The molecular weight excluding hydrogens is 450 g/mol. The summed E-state index contributed by atoms with van der Waals surface area (Å²) < 4.78 is 26.5. The van der Waals surface area contributed by atoms with E-state index < -0.39 is 10.0 Å². The summed E-state index contributed by atoms with van der Waals surface area (Å²) in [5.74, 6) is -0.230. The van der Waals surface area contributed by atoms with E-state index >= 15 is 0 Å². The molecule has 1 aliphatic heterocycles. The van der Waals surface area contributed by atoms with Crippen molar-refractivity contribution in [2.45, 2.75) is 44.6 Å². The molecule has 1 heterocycles. The largest absolute Gasteiger partial charge is 0.348 e. The maximum atomic E-state index is 12.7. The van der Waals surface area contributed by atoms with Gasteiger partial charge in [0.05, 0.1) is 4.90 Å². The molecule has 0 unspecified atom stereocenters. The molecule has 1 saturated heterocycles. The van der Waals surface area contributed by atoms with Gasteiger partial charge in [0, 0.05) is 44.4 Å². The first-order chi connectivity index (χ1) is 16.3. The fourth-order valence-corrected chi connectivity index (χ4v) is 5.44. The van der Waals surface area contributed by atoms with Crippen LogP contribution in [0.3, 0.4) is 0 Å². The third-order valence-corrected chi connectivity index (χ3v) is 8.00. The minimum atomic E-state index is -3.50. The molecule has 1 fully saturated rings. The lowest BCUT2D eigenvalue weighted by molar-refractivity contribution is -0.116. The van der Waals surface area contributed by atoms with E-state index in [4.69, 9.17) is 0 Å². The topological polar surface area (TPSA) is 86.8 Å². The van der Waals surface area contributed by atoms with Gasteiger partial charge in [-0.15, -0.1) is 0 Å². The quantitative estimate of drug-likeness (QED) is 0.552. The number of sulfonamides is 1. The summed E-state index contributed by atoms with van der Waals surface area (Å²) in [7, 11) is -3.50. The van der Waals surface area contributed by atoms with Crippen molar-refractivity contribution in [2.75, 3.05) is 26.2 Å². The highest BCUT2D eigenvalue weighted by atomic mass is 32.2. The number of piperidine rings is 1. The highest BCUT2D eigenvalue weighted by Crippen LogP contribution is 2.17. The molecule has 0 aliphatic carbocycles. The number of hydrogen-bond acceptors (Lipinski definition) is 4. The van der Waals surface area contributed by atoms with Crippen LogP contribution in [-0.4, -0.2) is 55.6 Å². The van der Waals surface area contributed by atoms with Crippen molar-refractivity contribution in [1.82, 2.24) is 14.5 Å². The first-order valence-electron chi connectivity index (χ1n) is 11.8. The van der Waals surface area contributed by atoms with Gasteiger partial charge in [0.1, 0.15) is 0 Å². The zero-order chi connectivity index (χ0) is 24.6. The normalized spacial score (nSPS) is 14.5. The van der Waals surface area contributed by atoms with Crippen LogP contribution in [-0.2, 0) is 21.4 Å². The molecule has 0 atom stereocenters. The number of nitrogens with one attached hydrogen (secondary N) is 1. The summed E-state index contributed by atoms with van der Waals surface area (Å²) in [4.78, 5) is 27.1. The van der Waals surface area contributed by atoms with Crippen molar-refractivity contribution >= 4 is 27.9 Å². The van der Waals surface area contributed by atoms with Crippen LogP contribution in [0.5, 0.6) is 0 Å². The average molecular weight is 484 g/mol. The van der Waals surface area contributed by atoms with Crippen molar-refractivity contribution in [2.24, 2.45) is 0 Å². The van der Waals surface area contributed by atoms with Crippen LogP contribution in [0.1, 0.15) is 54.6 Å². The Bertz CT molecular complexity index is 1120. The third-order valence-electron chi connectivity index (χ3n) is 5.93. The number of carbonyl (C=O) groups excluding carboxylic acids is 2. The van der Waals surface area contributed by atoms with Crippen LogP contribution in [0, 0.1) is 0 Å². The summed E-state index contributed by atoms with van der Waals surface area (Å²) in [6.45, 7) is 6.34. The van der Waals surface area contributed by atoms with Crippen LogP contribution >= 0.6 is 0 Å². The van der Waals surface area contributed by atoms with Gasteiger partial charge < -0.3 is 10.2 Å². The van der Waals surface area contributed by atoms with Crippen molar-refractivity contribution in [3.8, 4) is 0 Å². The average Bonchev–Trinajstić information content (AvgIpc) is 2.87. The molecule has 2 aromatic rings. The second-order valence-electron chi connectivity index (χ2n) is 8.26. The number of hydrogen-bond donors (Lipinski definition) is 1. The smallest absolute Gasteiger partial charge is 0.253 e. The molecule has 8 heteroatoms. The maximum absolute atomic E-state index is 12.7. The monoisotopic (exact) mass is 483 g/mol. The number of carbonyl (C=O) groups is 2. The van der Waals surface area contributed by atoms with Gasteiger partial charge in [-0.1, -0.05) is 38.1 Å². The Hall–Kier alpha value is -2.97. The van der Waals surface area contributed by atoms with E-state index in [0.717, 1.165) is 37.1 Å². The zero-order valence-corrected chi connectivity index (χ0v) is 20.7. The summed E-state index contributed by atoms with van der Waals surface area (Å²) >= 11 is 0. The Morgan fingerprint density at radius 3 is 2.32 bits per heavy atom. The number of nitrogens with zero attached hydrogens (tertiary/aromatic N) is 2. The van der Waals surface area contributed by atoms with E-state index in [2.05, 4.69) is 5.32 Å². The van der Waals surface area contributed by atoms with E-state index in [1.807, 2.05) is 29.2 Å². The second-order valence-corrected chi connectivity index (χ2v) is 10.2. The van der Waals surface area contributed by atoms with Gasteiger partial charge in [-0.05, 0) is 60.7 Å². The summed E-state index contributed by atoms with van der Waals surface area (Å²) in [5, 5.41) is 2.83. The molecule has 0 aromatic heterocycles. The number of benzene rings is 2. The maximum Gasteiger partial charge on any atom is 0.253 e. The van der Waals surface area contributed by atoms with E-state index in [9.17, 15) is 18.0 Å². The minimum absolute atomic E-state index is 0.0410. The lowest BCUT2D eigenvalue weighted by Crippen LogP contribution is -2.35.